The predicted octanol–water partition coefficient (Wildman–Crippen LogP) is 1.56. The number of ether oxygens (including phenoxy) is 3. The molecule has 1 saturated heterocycles. The Kier molecular flexibility index (Phi) is 3.51. The second kappa shape index (κ2) is 5.36. The highest BCUT2D eigenvalue weighted by Gasteiger charge is 2.70. The minimum Gasteiger partial charge on any atom is -0.454 e. The minimum atomic E-state index is -0.895. The van der Waals surface area contributed by atoms with Gasteiger partial charge in [-0.05, 0) is 18.9 Å². The maximum atomic E-state index is 12.9. The third-order valence-corrected chi connectivity index (χ3v) is 5.98. The summed E-state index contributed by atoms with van der Waals surface area (Å²) in [5.74, 6) is 1.39. The summed E-state index contributed by atoms with van der Waals surface area (Å²) < 4.78 is 16.7. The van der Waals surface area contributed by atoms with E-state index in [4.69, 9.17) is 19.9 Å². The number of fused-ring (bicyclic) bond motifs is 2. The molecule has 1 aromatic rings. The first-order valence-corrected chi connectivity index (χ1v) is 8.52. The first kappa shape index (κ1) is 15.7. The van der Waals surface area contributed by atoms with E-state index in [1.807, 2.05) is 32.0 Å². The molecule has 3 N–H and O–H groups in total. The predicted molar refractivity (Wildman–Crippen MR) is 87.6 cm³/mol. The van der Waals surface area contributed by atoms with Crippen molar-refractivity contribution in [2.45, 2.75) is 44.9 Å². The van der Waals surface area contributed by atoms with Gasteiger partial charge in [-0.15, -0.1) is 0 Å². The number of carbonyl (C=O) groups excluding carboxylic acids is 1. The van der Waals surface area contributed by atoms with Crippen molar-refractivity contribution < 1.29 is 19.0 Å². The van der Waals surface area contributed by atoms with E-state index < -0.39 is 5.54 Å². The zero-order valence-electron chi connectivity index (χ0n) is 14.1. The van der Waals surface area contributed by atoms with Gasteiger partial charge in [0, 0.05) is 30.0 Å². The molecule has 0 radical (unpaired) electrons. The lowest BCUT2D eigenvalue weighted by Crippen LogP contribution is -2.82. The van der Waals surface area contributed by atoms with Crippen molar-refractivity contribution in [1.29, 1.82) is 0 Å². The highest BCUT2D eigenvalue weighted by Crippen LogP contribution is 2.57. The van der Waals surface area contributed by atoms with Gasteiger partial charge < -0.3 is 25.3 Å². The fourth-order valence-electron chi connectivity index (χ4n) is 4.49. The summed E-state index contributed by atoms with van der Waals surface area (Å²) in [6, 6.07) is 5.68. The van der Waals surface area contributed by atoms with Crippen LogP contribution in [0.2, 0.25) is 0 Å². The molecular weight excluding hydrogens is 308 g/mol. The van der Waals surface area contributed by atoms with Crippen molar-refractivity contribution in [3.8, 4) is 11.5 Å². The lowest BCUT2D eigenvalue weighted by Gasteiger charge is -2.65. The Balaban J connectivity index is 1.49. The van der Waals surface area contributed by atoms with E-state index in [2.05, 4.69) is 5.32 Å². The third-order valence-electron chi connectivity index (χ3n) is 5.98. The van der Waals surface area contributed by atoms with Crippen molar-refractivity contribution in [1.82, 2.24) is 5.32 Å². The normalized spacial score (nSPS) is 32.6. The molecule has 4 rings (SSSR count). The first-order chi connectivity index (χ1) is 11.5. The fourth-order valence-corrected chi connectivity index (χ4v) is 4.49. The van der Waals surface area contributed by atoms with Crippen LogP contribution in [0.3, 0.4) is 0 Å². The molecule has 6 heteroatoms. The summed E-state index contributed by atoms with van der Waals surface area (Å²) in [5.41, 5.74) is 6.24. The van der Waals surface area contributed by atoms with Gasteiger partial charge in [-0.1, -0.05) is 26.0 Å². The number of amides is 1. The molecule has 2 aliphatic heterocycles. The highest BCUT2D eigenvalue weighted by molar-refractivity contribution is 5.89. The van der Waals surface area contributed by atoms with Crippen LogP contribution in [0.15, 0.2) is 18.2 Å². The fraction of sp³-hybridized carbons (Fsp3) is 0.611. The van der Waals surface area contributed by atoms with Crippen molar-refractivity contribution in [3.05, 3.63) is 23.8 Å². The summed E-state index contributed by atoms with van der Waals surface area (Å²) in [4.78, 5) is 12.9. The monoisotopic (exact) mass is 332 g/mol. The van der Waals surface area contributed by atoms with Crippen molar-refractivity contribution >= 4 is 5.91 Å². The SMILES string of the molecule is CC1(C)C2OCCCC2C1(N)C(=O)NCc1cccc2c1OCO2. The Hall–Kier alpha value is -1.79. The van der Waals surface area contributed by atoms with E-state index in [0.29, 0.717) is 18.0 Å². The molecule has 1 saturated carbocycles. The number of para-hydroxylation sites is 1. The summed E-state index contributed by atoms with van der Waals surface area (Å²) >= 11 is 0. The van der Waals surface area contributed by atoms with Gasteiger partial charge >= 0.3 is 0 Å². The van der Waals surface area contributed by atoms with E-state index in [-0.39, 0.29) is 30.1 Å². The van der Waals surface area contributed by atoms with E-state index in [1.54, 1.807) is 0 Å². The molecule has 6 nitrogen and oxygen atoms in total. The largest absolute Gasteiger partial charge is 0.454 e. The van der Waals surface area contributed by atoms with Crippen LogP contribution >= 0.6 is 0 Å². The Labute approximate surface area is 141 Å². The van der Waals surface area contributed by atoms with Crippen LogP contribution in [-0.4, -0.2) is 30.9 Å². The molecule has 2 heterocycles. The first-order valence-electron chi connectivity index (χ1n) is 8.52. The van der Waals surface area contributed by atoms with Gasteiger partial charge in [0.05, 0.1) is 6.10 Å². The molecule has 0 aromatic heterocycles. The molecule has 0 bridgehead atoms. The third kappa shape index (κ3) is 1.99. The molecule has 0 spiro atoms. The summed E-state index contributed by atoms with van der Waals surface area (Å²) in [6.07, 6.45) is 1.97. The number of benzene rings is 1. The Morgan fingerprint density at radius 1 is 1.38 bits per heavy atom. The minimum absolute atomic E-state index is 0.0692. The standard InChI is InChI=1S/C18H24N2O4/c1-17(2)15-12(6-4-8-22-15)18(17,19)16(21)20-9-11-5-3-7-13-14(11)24-10-23-13/h3,5,7,12,15H,4,6,8-10,19H2,1-2H3,(H,20,21). The van der Waals surface area contributed by atoms with Gasteiger partial charge in [0.2, 0.25) is 12.7 Å². The van der Waals surface area contributed by atoms with Crippen LogP contribution in [0, 0.1) is 11.3 Å². The number of hydrogen-bond donors (Lipinski definition) is 2. The van der Waals surface area contributed by atoms with Crippen LogP contribution in [0.25, 0.3) is 0 Å². The average molecular weight is 332 g/mol. The van der Waals surface area contributed by atoms with Gasteiger partial charge in [0.15, 0.2) is 11.5 Å². The Bertz CT molecular complexity index is 675. The topological polar surface area (TPSA) is 82.8 Å². The van der Waals surface area contributed by atoms with Crippen molar-refractivity contribution in [3.63, 3.8) is 0 Å². The Morgan fingerprint density at radius 3 is 3.04 bits per heavy atom. The quantitative estimate of drug-likeness (QED) is 0.878. The highest BCUT2D eigenvalue weighted by atomic mass is 16.7. The van der Waals surface area contributed by atoms with Crippen LogP contribution in [0.5, 0.6) is 11.5 Å². The zero-order valence-corrected chi connectivity index (χ0v) is 14.1. The molecule has 3 atom stereocenters. The van der Waals surface area contributed by atoms with Crippen molar-refractivity contribution in [2.24, 2.45) is 17.1 Å². The number of hydrogen-bond acceptors (Lipinski definition) is 5. The Morgan fingerprint density at radius 2 is 2.21 bits per heavy atom. The van der Waals surface area contributed by atoms with Gasteiger partial charge in [0.25, 0.3) is 0 Å². The van der Waals surface area contributed by atoms with Gasteiger partial charge in [-0.2, -0.15) is 0 Å². The molecule has 2 fully saturated rings. The van der Waals surface area contributed by atoms with E-state index >= 15 is 0 Å². The average Bonchev–Trinajstić information content (AvgIpc) is 3.08. The van der Waals surface area contributed by atoms with Crippen LogP contribution in [0.1, 0.15) is 32.3 Å². The van der Waals surface area contributed by atoms with Crippen molar-refractivity contribution in [2.75, 3.05) is 13.4 Å². The molecule has 1 aromatic carbocycles. The second-order valence-electron chi connectivity index (χ2n) is 7.46. The van der Waals surface area contributed by atoms with Gasteiger partial charge in [-0.25, -0.2) is 0 Å². The van der Waals surface area contributed by atoms with E-state index in [1.165, 1.54) is 0 Å². The molecular formula is C18H24N2O4. The second-order valence-corrected chi connectivity index (χ2v) is 7.46. The summed E-state index contributed by atoms with van der Waals surface area (Å²) in [5, 5.41) is 3.00. The smallest absolute Gasteiger partial charge is 0.241 e. The number of rotatable bonds is 3. The summed E-state index contributed by atoms with van der Waals surface area (Å²) in [7, 11) is 0. The molecule has 3 aliphatic rings. The van der Waals surface area contributed by atoms with Crippen LogP contribution in [0.4, 0.5) is 0 Å². The summed E-state index contributed by atoms with van der Waals surface area (Å²) in [6.45, 7) is 5.40. The molecule has 24 heavy (non-hydrogen) atoms. The van der Waals surface area contributed by atoms with Gasteiger partial charge in [-0.3, -0.25) is 4.79 Å². The molecule has 1 aliphatic carbocycles. The number of nitrogens with one attached hydrogen (secondary N) is 1. The van der Waals surface area contributed by atoms with Gasteiger partial charge in [0.1, 0.15) is 5.54 Å². The molecule has 1 amide bonds. The van der Waals surface area contributed by atoms with Crippen LogP contribution < -0.4 is 20.5 Å². The zero-order chi connectivity index (χ0) is 16.9. The van der Waals surface area contributed by atoms with E-state index in [0.717, 1.165) is 25.0 Å². The molecule has 3 unspecified atom stereocenters. The number of carbonyl (C=O) groups is 1. The maximum absolute atomic E-state index is 12.9. The lowest BCUT2D eigenvalue weighted by atomic mass is 9.46. The lowest BCUT2D eigenvalue weighted by molar-refractivity contribution is -0.225. The number of nitrogens with two attached hydrogens (primary N) is 1. The maximum Gasteiger partial charge on any atom is 0.241 e. The van der Waals surface area contributed by atoms with Crippen LogP contribution in [-0.2, 0) is 16.1 Å². The van der Waals surface area contributed by atoms with E-state index in [9.17, 15) is 4.79 Å². The molecule has 130 valence electrons.